The number of carbonyl (C=O) groups is 1. The number of H-pyrrole nitrogens is 1. The van der Waals surface area contributed by atoms with E-state index in [1.807, 2.05) is 4.98 Å². The summed E-state index contributed by atoms with van der Waals surface area (Å²) in [6.45, 7) is -0.106. The highest BCUT2D eigenvalue weighted by Crippen LogP contribution is 2.48. The highest BCUT2D eigenvalue weighted by molar-refractivity contribution is 8.09. The van der Waals surface area contributed by atoms with E-state index in [2.05, 4.69) is 5.09 Å². The van der Waals surface area contributed by atoms with Crippen molar-refractivity contribution >= 4 is 24.4 Å². The van der Waals surface area contributed by atoms with E-state index in [1.165, 1.54) is 6.92 Å². The Labute approximate surface area is 209 Å². The van der Waals surface area contributed by atoms with E-state index in [0.717, 1.165) is 12.3 Å². The van der Waals surface area contributed by atoms with Gasteiger partial charge in [0.05, 0.1) is 6.10 Å². The predicted molar refractivity (Wildman–Crippen MR) is 127 cm³/mol. The van der Waals surface area contributed by atoms with Gasteiger partial charge in [0, 0.05) is 12.3 Å². The van der Waals surface area contributed by atoms with Crippen LogP contribution < -0.4 is 20.9 Å². The first-order valence-corrected chi connectivity index (χ1v) is 13.5. The smallest absolute Gasteiger partial charge is 0.330 e. The molecule has 3 rings (SSSR count). The monoisotopic (exact) mass is 549 g/mol. The van der Waals surface area contributed by atoms with Gasteiger partial charge in [-0.25, -0.2) is 18.7 Å². The lowest BCUT2D eigenvalue weighted by molar-refractivity contribution is -0.203. The van der Waals surface area contributed by atoms with Gasteiger partial charge in [0.25, 0.3) is 11.4 Å². The van der Waals surface area contributed by atoms with Crippen molar-refractivity contribution in [2.75, 3.05) is 6.61 Å². The minimum Gasteiger partial charge on any atom is -0.462 e. The number of para-hydroxylation sites is 1. The highest BCUT2D eigenvalue weighted by Gasteiger charge is 2.58. The number of rotatable bonds is 10. The SMILES string of the molecule is CC(C)OC(=O)[C@@H](C)N[P@@](=S)(OC[C@@]1(F)O[C@@H](n2ccc(=O)[nH]c2=O)[C@@H](F)[C@@H]1O)Oc1ccccc1. The maximum atomic E-state index is 15.6. The van der Waals surface area contributed by atoms with Crippen LogP contribution >= 0.6 is 6.64 Å². The van der Waals surface area contributed by atoms with Gasteiger partial charge in [0.1, 0.15) is 18.4 Å². The molecule has 15 heteroatoms. The molecule has 1 aromatic carbocycles. The molecular formula is C21H26F2N3O8PS. The van der Waals surface area contributed by atoms with Crippen LogP contribution in [0.5, 0.6) is 5.75 Å². The van der Waals surface area contributed by atoms with Crippen LogP contribution in [0.25, 0.3) is 0 Å². The standard InChI is InChI=1S/C21H26F2N3O8PS/c1-12(2)32-19(29)13(3)25-35(36,34-14-7-5-4-6-8-14)31-11-21(23)17(28)16(22)18(33-21)26-10-9-15(27)24-20(26)30/h4-10,12-13,16-18,28H,11H2,1-3H3,(H,25,36)(H,24,27,30)/t13-,16+,17+,18-,21-,35-/m1/s1. The summed E-state index contributed by atoms with van der Waals surface area (Å²) in [6.07, 6.45) is -6.20. The number of halogens is 2. The van der Waals surface area contributed by atoms with E-state index in [4.69, 9.17) is 30.3 Å². The van der Waals surface area contributed by atoms with Gasteiger partial charge in [-0.15, -0.1) is 0 Å². The average Bonchev–Trinajstić information content (AvgIpc) is 3.02. The van der Waals surface area contributed by atoms with Crippen molar-refractivity contribution in [1.29, 1.82) is 0 Å². The zero-order chi connectivity index (χ0) is 26.7. The lowest BCUT2D eigenvalue weighted by Crippen LogP contribution is -2.43. The fourth-order valence-corrected chi connectivity index (χ4v) is 5.59. The molecule has 0 aliphatic carbocycles. The summed E-state index contributed by atoms with van der Waals surface area (Å²) >= 11 is 5.46. The second-order valence-corrected chi connectivity index (χ2v) is 11.3. The van der Waals surface area contributed by atoms with E-state index in [1.54, 1.807) is 44.2 Å². The van der Waals surface area contributed by atoms with Crippen molar-refractivity contribution in [3.05, 3.63) is 63.4 Å². The largest absolute Gasteiger partial charge is 0.462 e. The molecule has 0 unspecified atom stereocenters. The molecule has 0 spiro atoms. The maximum Gasteiger partial charge on any atom is 0.330 e. The number of benzene rings is 1. The van der Waals surface area contributed by atoms with Crippen molar-refractivity contribution in [3.8, 4) is 5.75 Å². The van der Waals surface area contributed by atoms with Crippen LogP contribution in [0, 0.1) is 0 Å². The third kappa shape index (κ3) is 6.64. The number of esters is 1. The van der Waals surface area contributed by atoms with E-state index in [9.17, 15) is 23.9 Å². The minimum absolute atomic E-state index is 0.236. The predicted octanol–water partition coefficient (Wildman–Crippen LogP) is 1.68. The van der Waals surface area contributed by atoms with Crippen molar-refractivity contribution < 1.29 is 37.2 Å². The van der Waals surface area contributed by atoms with Gasteiger partial charge in [-0.1, -0.05) is 18.2 Å². The highest BCUT2D eigenvalue weighted by atomic mass is 32.5. The summed E-state index contributed by atoms with van der Waals surface area (Å²) in [7, 11) is 0. The Bertz CT molecular complexity index is 1230. The number of ether oxygens (including phenoxy) is 2. The Balaban J connectivity index is 1.81. The number of aromatic nitrogens is 2. The van der Waals surface area contributed by atoms with Gasteiger partial charge >= 0.3 is 18.3 Å². The number of carbonyl (C=O) groups excluding carboxylic acids is 1. The molecule has 6 atom stereocenters. The molecule has 1 saturated heterocycles. The van der Waals surface area contributed by atoms with Crippen molar-refractivity contribution in [2.24, 2.45) is 0 Å². The molecule has 0 radical (unpaired) electrons. The summed E-state index contributed by atoms with van der Waals surface area (Å²) in [5.74, 6) is -3.60. The lowest BCUT2D eigenvalue weighted by atomic mass is 10.1. The molecule has 1 aromatic heterocycles. The van der Waals surface area contributed by atoms with Crippen LogP contribution in [0.3, 0.4) is 0 Å². The molecule has 0 amide bonds. The molecular weight excluding hydrogens is 523 g/mol. The van der Waals surface area contributed by atoms with Crippen LogP contribution in [0.2, 0.25) is 0 Å². The molecule has 0 bridgehead atoms. The fourth-order valence-electron chi connectivity index (χ4n) is 3.19. The summed E-state index contributed by atoms with van der Waals surface area (Å²) in [5.41, 5.74) is -1.82. The van der Waals surface area contributed by atoms with Crippen LogP contribution in [-0.2, 0) is 30.6 Å². The van der Waals surface area contributed by atoms with E-state index >= 15 is 4.39 Å². The topological polar surface area (TPSA) is 141 Å². The van der Waals surface area contributed by atoms with Gasteiger partial charge in [-0.05, 0) is 44.7 Å². The summed E-state index contributed by atoms with van der Waals surface area (Å²) < 4.78 is 52.4. The first-order valence-electron chi connectivity index (χ1n) is 10.8. The first kappa shape index (κ1) is 28.1. The summed E-state index contributed by atoms with van der Waals surface area (Å²) in [4.78, 5) is 37.5. The molecule has 2 heterocycles. The number of aliphatic hydroxyl groups is 1. The minimum atomic E-state index is -3.73. The Morgan fingerprint density at radius 2 is 1.97 bits per heavy atom. The molecule has 2 aromatic rings. The van der Waals surface area contributed by atoms with Crippen molar-refractivity contribution in [3.63, 3.8) is 0 Å². The van der Waals surface area contributed by atoms with Gasteiger partial charge in [0.15, 0.2) is 18.5 Å². The molecule has 11 nitrogen and oxygen atoms in total. The fraction of sp³-hybridized carbons (Fsp3) is 0.476. The summed E-state index contributed by atoms with van der Waals surface area (Å²) in [5, 5.41) is 12.9. The van der Waals surface area contributed by atoms with Gasteiger partial charge in [-0.3, -0.25) is 19.1 Å². The van der Waals surface area contributed by atoms with Gasteiger partial charge in [-0.2, -0.15) is 0 Å². The Morgan fingerprint density at radius 3 is 2.58 bits per heavy atom. The number of aromatic amines is 1. The molecule has 0 saturated carbocycles. The number of nitrogens with one attached hydrogen (secondary N) is 2. The Kier molecular flexibility index (Phi) is 8.80. The number of nitrogens with zero attached hydrogens (tertiary/aromatic N) is 1. The maximum absolute atomic E-state index is 15.6. The van der Waals surface area contributed by atoms with Crippen molar-refractivity contribution in [1.82, 2.24) is 14.6 Å². The van der Waals surface area contributed by atoms with Gasteiger partial charge < -0.3 is 23.6 Å². The van der Waals surface area contributed by atoms with Crippen LogP contribution in [0.1, 0.15) is 27.0 Å². The summed E-state index contributed by atoms with van der Waals surface area (Å²) in [6, 6.07) is 7.98. The quantitative estimate of drug-likeness (QED) is 0.296. The zero-order valence-corrected chi connectivity index (χ0v) is 21.2. The number of hydrogen-bond acceptors (Lipinski definition) is 9. The number of aliphatic hydroxyl groups excluding tert-OH is 1. The number of alkyl halides is 2. The van der Waals surface area contributed by atoms with Crippen LogP contribution in [0.15, 0.2) is 52.2 Å². The Morgan fingerprint density at radius 1 is 1.31 bits per heavy atom. The van der Waals surface area contributed by atoms with E-state index < -0.39 is 67.0 Å². The molecule has 1 aliphatic rings. The zero-order valence-electron chi connectivity index (χ0n) is 19.5. The molecule has 1 aliphatic heterocycles. The molecule has 1 fully saturated rings. The van der Waals surface area contributed by atoms with Gasteiger partial charge in [0.2, 0.25) is 0 Å². The molecule has 36 heavy (non-hydrogen) atoms. The van der Waals surface area contributed by atoms with Crippen LogP contribution in [0.4, 0.5) is 8.78 Å². The molecule has 3 N–H and O–H groups in total. The second kappa shape index (κ2) is 11.3. The van der Waals surface area contributed by atoms with E-state index in [0.29, 0.717) is 4.57 Å². The second-order valence-electron chi connectivity index (χ2n) is 8.21. The van der Waals surface area contributed by atoms with Crippen LogP contribution in [-0.4, -0.2) is 57.5 Å². The first-order chi connectivity index (χ1) is 16.8. The average molecular weight is 549 g/mol. The van der Waals surface area contributed by atoms with Crippen molar-refractivity contribution in [2.45, 2.75) is 57.3 Å². The molecule has 198 valence electrons. The normalized spacial score (nSPS) is 26.4. The lowest BCUT2D eigenvalue weighted by Gasteiger charge is -2.30. The third-order valence-electron chi connectivity index (χ3n) is 4.91. The number of hydrogen-bond donors (Lipinski definition) is 3. The van der Waals surface area contributed by atoms with E-state index in [-0.39, 0.29) is 5.75 Å². The Hall–Kier alpha value is -2.48. The third-order valence-corrected chi connectivity index (χ3v) is 7.39.